The molecule has 0 N–H and O–H groups in total. The molecule has 0 heterocycles. The molecule has 3 aromatic carbocycles. The first kappa shape index (κ1) is 29.3. The number of benzene rings is 3. The van der Waals surface area contributed by atoms with Gasteiger partial charge in [-0.25, -0.2) is 14.4 Å². The van der Waals surface area contributed by atoms with Gasteiger partial charge in [0.2, 0.25) is 0 Å². The van der Waals surface area contributed by atoms with Crippen molar-refractivity contribution in [3.63, 3.8) is 0 Å². The zero-order chi connectivity index (χ0) is 29.2. The lowest BCUT2D eigenvalue weighted by atomic mass is 10.1. The monoisotopic (exact) mass is 540 g/mol. The average Bonchev–Trinajstić information content (AvgIpc) is 2.93. The van der Waals surface area contributed by atoms with Gasteiger partial charge in [0.05, 0.1) is 0 Å². The number of aryl methyl sites for hydroxylation is 1. The van der Waals surface area contributed by atoms with E-state index in [2.05, 4.69) is 19.7 Å². The van der Waals surface area contributed by atoms with Gasteiger partial charge in [-0.2, -0.15) is 0 Å². The van der Waals surface area contributed by atoms with Crippen molar-refractivity contribution < 1.29 is 38.1 Å². The predicted molar refractivity (Wildman–Crippen MR) is 149 cm³/mol. The van der Waals surface area contributed by atoms with Crippen LogP contribution >= 0.6 is 0 Å². The van der Waals surface area contributed by atoms with E-state index in [1.807, 2.05) is 24.3 Å². The smallest absolute Gasteiger partial charge is 0.338 e. The Bertz CT molecular complexity index is 1460. The van der Waals surface area contributed by atoms with Crippen molar-refractivity contribution in [2.24, 2.45) is 0 Å². The van der Waals surface area contributed by atoms with Crippen LogP contribution in [0.25, 0.3) is 11.1 Å². The minimum Gasteiger partial charge on any atom is -0.427 e. The molecule has 0 spiro atoms. The maximum atomic E-state index is 12.5. The summed E-state index contributed by atoms with van der Waals surface area (Å²) in [5.74, 6) is -1.50. The number of carbonyl (C=O) groups is 4. The van der Waals surface area contributed by atoms with E-state index < -0.39 is 23.9 Å². The highest BCUT2D eigenvalue weighted by molar-refractivity contribution is 5.90. The Labute approximate surface area is 232 Å². The Morgan fingerprint density at radius 2 is 1.20 bits per heavy atom. The molecule has 0 atom stereocenters. The number of rotatable bonds is 11. The summed E-state index contributed by atoms with van der Waals surface area (Å²) in [4.78, 5) is 47.7. The second-order valence-corrected chi connectivity index (χ2v) is 8.77. The maximum absolute atomic E-state index is 12.5. The molecule has 0 aliphatic heterocycles. The third kappa shape index (κ3) is 8.39. The molecule has 204 valence electrons. The highest BCUT2D eigenvalue weighted by atomic mass is 16.6. The van der Waals surface area contributed by atoms with Gasteiger partial charge in [0.25, 0.3) is 0 Å². The van der Waals surface area contributed by atoms with E-state index >= 15 is 0 Å². The van der Waals surface area contributed by atoms with Crippen molar-refractivity contribution in [1.29, 1.82) is 0 Å². The minimum atomic E-state index is -0.727. The minimum absolute atomic E-state index is 0.0166. The fourth-order valence-electron chi connectivity index (χ4n) is 3.26. The lowest BCUT2D eigenvalue weighted by Crippen LogP contribution is -2.12. The predicted octanol–water partition coefficient (Wildman–Crippen LogP) is 5.95. The van der Waals surface area contributed by atoms with Crippen LogP contribution in [-0.4, -0.2) is 23.9 Å². The largest absolute Gasteiger partial charge is 0.427 e. The fourth-order valence-corrected chi connectivity index (χ4v) is 3.26. The average molecular weight is 541 g/mol. The van der Waals surface area contributed by atoms with E-state index in [1.165, 1.54) is 19.1 Å². The first-order valence-electron chi connectivity index (χ1n) is 12.2. The van der Waals surface area contributed by atoms with Crippen LogP contribution in [0.4, 0.5) is 0 Å². The van der Waals surface area contributed by atoms with Crippen LogP contribution < -0.4 is 18.9 Å². The van der Waals surface area contributed by atoms with E-state index in [-0.39, 0.29) is 29.9 Å². The van der Waals surface area contributed by atoms with Gasteiger partial charge in [-0.1, -0.05) is 50.1 Å². The van der Waals surface area contributed by atoms with Crippen molar-refractivity contribution in [3.05, 3.63) is 109 Å². The van der Waals surface area contributed by atoms with Gasteiger partial charge in [0.15, 0.2) is 11.5 Å². The van der Waals surface area contributed by atoms with Crippen LogP contribution in [-0.2, 0) is 25.6 Å². The molecule has 0 saturated heterocycles. The van der Waals surface area contributed by atoms with E-state index in [4.69, 9.17) is 18.9 Å². The van der Waals surface area contributed by atoms with Gasteiger partial charge in [-0.3, -0.25) is 4.79 Å². The Balaban J connectivity index is 1.60. The molecule has 8 heteroatoms. The van der Waals surface area contributed by atoms with Gasteiger partial charge in [-0.15, -0.1) is 0 Å². The van der Waals surface area contributed by atoms with Gasteiger partial charge in [0, 0.05) is 23.6 Å². The fraction of sp³-hybridized carbons (Fsp3) is 0.125. The molecule has 3 rings (SSSR count). The number of hydrogen-bond acceptors (Lipinski definition) is 8. The van der Waals surface area contributed by atoms with Gasteiger partial charge in [-0.05, 0) is 73.4 Å². The Morgan fingerprint density at radius 1 is 0.675 bits per heavy atom. The summed E-state index contributed by atoms with van der Waals surface area (Å²) in [6.07, 6.45) is 1.31. The standard InChI is InChI=1S/C32H28O8/c1-6-29(33)39-28-19-22(7-17-27(28)40-32(36)21(4)5)8-18-30(34)37-25-13-9-23(10-14-25)24-11-15-26(16-12-24)38-31(35)20(2)3/h6-7,9-17,19H,1-2,4,8,18H2,3,5H3. The number of carbonyl (C=O) groups excluding carboxylic acids is 4. The summed E-state index contributed by atoms with van der Waals surface area (Å²) in [6.45, 7) is 13.5. The SMILES string of the molecule is C=CC(=O)Oc1cc(CCC(=O)Oc2ccc(-c3ccc(OC(=O)C(=C)C)cc3)cc2)ccc1OC(=O)C(=C)C. The first-order valence-corrected chi connectivity index (χ1v) is 12.2. The van der Waals surface area contributed by atoms with Crippen molar-refractivity contribution in [2.45, 2.75) is 26.7 Å². The molecule has 0 unspecified atom stereocenters. The van der Waals surface area contributed by atoms with Crippen LogP contribution in [0.3, 0.4) is 0 Å². The third-order valence-corrected chi connectivity index (χ3v) is 5.39. The summed E-state index contributed by atoms with van der Waals surface area (Å²) in [6, 6.07) is 18.6. The van der Waals surface area contributed by atoms with E-state index in [0.29, 0.717) is 22.6 Å². The molecule has 0 bridgehead atoms. The third-order valence-electron chi connectivity index (χ3n) is 5.39. The van der Waals surface area contributed by atoms with Gasteiger partial charge in [0.1, 0.15) is 11.5 Å². The summed E-state index contributed by atoms with van der Waals surface area (Å²) < 4.78 is 21.1. The molecule has 3 aromatic rings. The van der Waals surface area contributed by atoms with Gasteiger partial charge >= 0.3 is 23.9 Å². The first-order chi connectivity index (χ1) is 19.0. The van der Waals surface area contributed by atoms with Crippen LogP contribution in [0, 0.1) is 0 Å². The second-order valence-electron chi connectivity index (χ2n) is 8.77. The quantitative estimate of drug-likeness (QED) is 0.167. The molecule has 40 heavy (non-hydrogen) atoms. The molecule has 0 saturated carbocycles. The van der Waals surface area contributed by atoms with Crippen LogP contribution in [0.1, 0.15) is 25.8 Å². The maximum Gasteiger partial charge on any atom is 0.338 e. The van der Waals surface area contributed by atoms with Gasteiger partial charge < -0.3 is 18.9 Å². The molecule has 0 aliphatic rings. The van der Waals surface area contributed by atoms with Crippen molar-refractivity contribution in [1.82, 2.24) is 0 Å². The summed E-state index contributed by atoms with van der Waals surface area (Å²) in [5, 5.41) is 0. The molecule has 0 aromatic heterocycles. The Kier molecular flexibility index (Phi) is 9.91. The molecule has 0 aliphatic carbocycles. The van der Waals surface area contributed by atoms with Crippen LogP contribution in [0.15, 0.2) is 104 Å². The van der Waals surface area contributed by atoms with Crippen LogP contribution in [0.5, 0.6) is 23.0 Å². The highest BCUT2D eigenvalue weighted by Crippen LogP contribution is 2.30. The van der Waals surface area contributed by atoms with Crippen molar-refractivity contribution in [2.75, 3.05) is 0 Å². The Hall–Kier alpha value is -5.24. The zero-order valence-electron chi connectivity index (χ0n) is 22.2. The van der Waals surface area contributed by atoms with Crippen molar-refractivity contribution in [3.8, 4) is 34.1 Å². The number of hydrogen-bond donors (Lipinski definition) is 0. The number of ether oxygens (including phenoxy) is 4. The molecular formula is C32H28O8. The normalized spacial score (nSPS) is 10.2. The zero-order valence-corrected chi connectivity index (χ0v) is 22.2. The summed E-state index contributed by atoms with van der Waals surface area (Å²) in [7, 11) is 0. The van der Waals surface area contributed by atoms with E-state index in [0.717, 1.165) is 17.2 Å². The van der Waals surface area contributed by atoms with Crippen molar-refractivity contribution >= 4 is 23.9 Å². The topological polar surface area (TPSA) is 105 Å². The Morgan fingerprint density at radius 3 is 1.73 bits per heavy atom. The molecule has 8 nitrogen and oxygen atoms in total. The summed E-state index contributed by atoms with van der Waals surface area (Å²) in [5.41, 5.74) is 2.92. The molecule has 0 amide bonds. The van der Waals surface area contributed by atoms with Crippen LogP contribution in [0.2, 0.25) is 0 Å². The lowest BCUT2D eigenvalue weighted by molar-refractivity contribution is -0.134. The van der Waals surface area contributed by atoms with E-state index in [1.54, 1.807) is 37.3 Å². The second kappa shape index (κ2) is 13.5. The lowest BCUT2D eigenvalue weighted by Gasteiger charge is -2.11. The molecular weight excluding hydrogens is 512 g/mol. The van der Waals surface area contributed by atoms with E-state index in [9.17, 15) is 19.2 Å². The number of esters is 4. The highest BCUT2D eigenvalue weighted by Gasteiger charge is 2.15. The molecule has 0 radical (unpaired) electrons. The molecule has 0 fully saturated rings. The summed E-state index contributed by atoms with van der Waals surface area (Å²) >= 11 is 0.